The number of allylic oxidation sites excluding steroid dienone is 2. The van der Waals surface area contributed by atoms with Crippen LogP contribution in [0.5, 0.6) is 5.75 Å². The van der Waals surface area contributed by atoms with E-state index in [1.807, 2.05) is 6.07 Å². The van der Waals surface area contributed by atoms with Crippen molar-refractivity contribution >= 4 is 5.69 Å². The minimum absolute atomic E-state index is 0.947. The highest BCUT2D eigenvalue weighted by molar-refractivity contribution is 5.51. The SMILES string of the molecule is COc1cccc(N2CCN(CCCCCCC=C(C)C)CC2)c1. The molecule has 0 bridgehead atoms. The predicted molar refractivity (Wildman–Crippen MR) is 104 cm³/mol. The lowest BCUT2D eigenvalue weighted by Gasteiger charge is -2.36. The van der Waals surface area contributed by atoms with E-state index in [0.29, 0.717) is 0 Å². The molecular weight excluding hydrogens is 296 g/mol. The molecule has 1 aliphatic heterocycles. The Kier molecular flexibility index (Phi) is 8.17. The summed E-state index contributed by atoms with van der Waals surface area (Å²) >= 11 is 0. The first-order valence-corrected chi connectivity index (χ1v) is 9.44. The van der Waals surface area contributed by atoms with E-state index in [9.17, 15) is 0 Å². The van der Waals surface area contributed by atoms with Crippen LogP contribution in [0, 0.1) is 0 Å². The first-order chi connectivity index (χ1) is 11.7. The van der Waals surface area contributed by atoms with Crippen LogP contribution in [0.1, 0.15) is 46.0 Å². The summed E-state index contributed by atoms with van der Waals surface area (Å²) in [6.45, 7) is 10.2. The Balaban J connectivity index is 1.60. The van der Waals surface area contributed by atoms with Crippen LogP contribution in [0.2, 0.25) is 0 Å². The number of methoxy groups -OCH3 is 1. The molecule has 0 unspecified atom stereocenters. The summed E-state index contributed by atoms with van der Waals surface area (Å²) in [7, 11) is 1.73. The van der Waals surface area contributed by atoms with E-state index in [0.717, 1.165) is 18.8 Å². The van der Waals surface area contributed by atoms with E-state index in [4.69, 9.17) is 4.74 Å². The Labute approximate surface area is 148 Å². The van der Waals surface area contributed by atoms with Gasteiger partial charge in [0, 0.05) is 37.9 Å². The largest absolute Gasteiger partial charge is 0.497 e. The van der Waals surface area contributed by atoms with Crippen molar-refractivity contribution in [2.75, 3.05) is 44.7 Å². The maximum atomic E-state index is 5.33. The van der Waals surface area contributed by atoms with Gasteiger partial charge in [0.15, 0.2) is 0 Å². The molecule has 0 spiro atoms. The van der Waals surface area contributed by atoms with Gasteiger partial charge in [-0.2, -0.15) is 0 Å². The number of hydrogen-bond acceptors (Lipinski definition) is 3. The molecule has 1 aromatic rings. The van der Waals surface area contributed by atoms with Crippen LogP contribution >= 0.6 is 0 Å². The van der Waals surface area contributed by atoms with Crippen LogP contribution in [0.25, 0.3) is 0 Å². The fourth-order valence-electron chi connectivity index (χ4n) is 3.26. The van der Waals surface area contributed by atoms with Gasteiger partial charge in [0.1, 0.15) is 5.75 Å². The van der Waals surface area contributed by atoms with Gasteiger partial charge in [0.25, 0.3) is 0 Å². The number of hydrogen-bond donors (Lipinski definition) is 0. The lowest BCUT2D eigenvalue weighted by Crippen LogP contribution is -2.46. The van der Waals surface area contributed by atoms with Crippen molar-refractivity contribution in [2.45, 2.75) is 46.0 Å². The highest BCUT2D eigenvalue weighted by Crippen LogP contribution is 2.22. The number of piperazine rings is 1. The quantitative estimate of drug-likeness (QED) is 0.481. The summed E-state index contributed by atoms with van der Waals surface area (Å²) in [4.78, 5) is 5.09. The van der Waals surface area contributed by atoms with Gasteiger partial charge >= 0.3 is 0 Å². The average molecular weight is 331 g/mol. The Bertz CT molecular complexity index is 500. The van der Waals surface area contributed by atoms with E-state index in [1.165, 1.54) is 63.0 Å². The Morgan fingerprint density at radius 1 is 1.04 bits per heavy atom. The first kappa shape index (κ1) is 18.9. The molecular formula is C21H34N2O. The Hall–Kier alpha value is -1.48. The molecule has 134 valence electrons. The number of unbranched alkanes of at least 4 members (excludes halogenated alkanes) is 4. The van der Waals surface area contributed by atoms with E-state index < -0.39 is 0 Å². The van der Waals surface area contributed by atoms with E-state index in [-0.39, 0.29) is 0 Å². The molecule has 1 saturated heterocycles. The number of ether oxygens (including phenoxy) is 1. The van der Waals surface area contributed by atoms with Gasteiger partial charge in [-0.25, -0.2) is 0 Å². The zero-order valence-electron chi connectivity index (χ0n) is 15.8. The molecule has 0 radical (unpaired) electrons. The minimum Gasteiger partial charge on any atom is -0.497 e. The third-order valence-corrected chi connectivity index (χ3v) is 4.77. The molecule has 0 aliphatic carbocycles. The maximum absolute atomic E-state index is 5.33. The standard InChI is InChI=1S/C21H34N2O/c1-19(2)10-7-5-4-6-8-13-22-14-16-23(17-15-22)20-11-9-12-21(18-20)24-3/h9-12,18H,4-8,13-17H2,1-3H3. The second-order valence-corrected chi connectivity index (χ2v) is 7.01. The molecule has 0 saturated carbocycles. The van der Waals surface area contributed by atoms with Crippen molar-refractivity contribution in [3.05, 3.63) is 35.9 Å². The second kappa shape index (κ2) is 10.4. The number of anilines is 1. The lowest BCUT2D eigenvalue weighted by atomic mass is 10.1. The van der Waals surface area contributed by atoms with E-state index in [1.54, 1.807) is 7.11 Å². The van der Waals surface area contributed by atoms with Gasteiger partial charge in [-0.3, -0.25) is 4.90 Å². The van der Waals surface area contributed by atoms with Gasteiger partial charge < -0.3 is 9.64 Å². The molecule has 1 aromatic carbocycles. The zero-order chi connectivity index (χ0) is 17.2. The topological polar surface area (TPSA) is 15.7 Å². The number of benzene rings is 1. The van der Waals surface area contributed by atoms with Crippen LogP contribution < -0.4 is 9.64 Å². The van der Waals surface area contributed by atoms with E-state index >= 15 is 0 Å². The van der Waals surface area contributed by atoms with Crippen LogP contribution in [0.4, 0.5) is 5.69 Å². The lowest BCUT2D eigenvalue weighted by molar-refractivity contribution is 0.252. The van der Waals surface area contributed by atoms with Crippen LogP contribution in [0.3, 0.4) is 0 Å². The Morgan fingerprint density at radius 3 is 2.50 bits per heavy atom. The number of rotatable bonds is 9. The van der Waals surface area contributed by atoms with Crippen molar-refractivity contribution in [2.24, 2.45) is 0 Å². The summed E-state index contributed by atoms with van der Waals surface area (Å²) in [6, 6.07) is 8.42. The number of nitrogens with zero attached hydrogens (tertiary/aromatic N) is 2. The molecule has 1 fully saturated rings. The predicted octanol–water partition coefficient (Wildman–Crippen LogP) is 4.73. The van der Waals surface area contributed by atoms with Gasteiger partial charge in [0.2, 0.25) is 0 Å². The smallest absolute Gasteiger partial charge is 0.120 e. The molecule has 0 amide bonds. The summed E-state index contributed by atoms with van der Waals surface area (Å²) in [5.74, 6) is 0.947. The monoisotopic (exact) mass is 330 g/mol. The fourth-order valence-corrected chi connectivity index (χ4v) is 3.26. The molecule has 0 N–H and O–H groups in total. The minimum atomic E-state index is 0.947. The second-order valence-electron chi connectivity index (χ2n) is 7.01. The molecule has 24 heavy (non-hydrogen) atoms. The molecule has 1 aliphatic rings. The third kappa shape index (κ3) is 6.56. The van der Waals surface area contributed by atoms with Crippen LogP contribution in [0.15, 0.2) is 35.9 Å². The van der Waals surface area contributed by atoms with Crippen molar-refractivity contribution < 1.29 is 4.74 Å². The van der Waals surface area contributed by atoms with Gasteiger partial charge in [-0.15, -0.1) is 0 Å². The average Bonchev–Trinajstić information content (AvgIpc) is 2.61. The molecule has 2 rings (SSSR count). The molecule has 0 aromatic heterocycles. The Morgan fingerprint density at radius 2 is 1.79 bits per heavy atom. The van der Waals surface area contributed by atoms with Crippen LogP contribution in [-0.4, -0.2) is 44.7 Å². The zero-order valence-corrected chi connectivity index (χ0v) is 15.8. The summed E-state index contributed by atoms with van der Waals surface area (Å²) in [5, 5.41) is 0. The van der Waals surface area contributed by atoms with Crippen molar-refractivity contribution in [3.63, 3.8) is 0 Å². The van der Waals surface area contributed by atoms with Crippen molar-refractivity contribution in [1.29, 1.82) is 0 Å². The molecule has 3 heteroatoms. The van der Waals surface area contributed by atoms with Crippen LogP contribution in [-0.2, 0) is 0 Å². The molecule has 3 nitrogen and oxygen atoms in total. The summed E-state index contributed by atoms with van der Waals surface area (Å²) in [6.07, 6.45) is 9.03. The van der Waals surface area contributed by atoms with Crippen molar-refractivity contribution in [3.8, 4) is 5.75 Å². The molecule has 0 atom stereocenters. The fraction of sp³-hybridized carbons (Fsp3) is 0.619. The maximum Gasteiger partial charge on any atom is 0.120 e. The molecule has 1 heterocycles. The highest BCUT2D eigenvalue weighted by Gasteiger charge is 2.16. The van der Waals surface area contributed by atoms with Crippen molar-refractivity contribution in [1.82, 2.24) is 4.90 Å². The van der Waals surface area contributed by atoms with E-state index in [2.05, 4.69) is 47.9 Å². The highest BCUT2D eigenvalue weighted by atomic mass is 16.5. The summed E-state index contributed by atoms with van der Waals surface area (Å²) in [5.41, 5.74) is 2.73. The first-order valence-electron chi connectivity index (χ1n) is 9.44. The normalized spacial score (nSPS) is 15.4. The van der Waals surface area contributed by atoms with Gasteiger partial charge in [-0.05, 0) is 51.8 Å². The van der Waals surface area contributed by atoms with Gasteiger partial charge in [0.05, 0.1) is 7.11 Å². The summed E-state index contributed by atoms with van der Waals surface area (Å²) < 4.78 is 5.33. The van der Waals surface area contributed by atoms with Gasteiger partial charge in [-0.1, -0.05) is 30.6 Å². The third-order valence-electron chi connectivity index (χ3n) is 4.77.